The lowest BCUT2D eigenvalue weighted by molar-refractivity contribution is -0.161. The van der Waals surface area contributed by atoms with Crippen molar-refractivity contribution in [2.45, 2.75) is 251 Å². The van der Waals surface area contributed by atoms with E-state index in [0.29, 0.717) is 12.8 Å². The van der Waals surface area contributed by atoms with E-state index < -0.39 is 32.5 Å². The number of hydrogen-bond acceptors (Lipinski definition) is 8. The highest BCUT2D eigenvalue weighted by atomic mass is 31.2. The molecule has 0 aliphatic rings. The molecule has 9 nitrogen and oxygen atoms in total. The van der Waals surface area contributed by atoms with Gasteiger partial charge in [0.1, 0.15) is 6.61 Å². The number of carbonyl (C=O) groups is 2. The zero-order chi connectivity index (χ0) is 44.6. The summed E-state index contributed by atoms with van der Waals surface area (Å²) in [5.74, 6) is -0.867. The molecule has 0 saturated carbocycles. The molecule has 0 heterocycles. The van der Waals surface area contributed by atoms with Gasteiger partial charge in [-0.1, -0.05) is 204 Å². The van der Waals surface area contributed by atoms with Gasteiger partial charge in [0, 0.05) is 19.4 Å². The van der Waals surface area contributed by atoms with Crippen molar-refractivity contribution in [3.8, 4) is 0 Å². The van der Waals surface area contributed by atoms with Crippen LogP contribution in [0.1, 0.15) is 245 Å². The van der Waals surface area contributed by atoms with E-state index in [1.54, 1.807) is 0 Å². The van der Waals surface area contributed by atoms with Crippen LogP contribution in [0.5, 0.6) is 0 Å². The summed E-state index contributed by atoms with van der Waals surface area (Å²) in [5, 5.41) is 0. The van der Waals surface area contributed by atoms with Crippen LogP contribution < -0.4 is 5.73 Å². The Morgan fingerprint density at radius 3 is 1.34 bits per heavy atom. The molecule has 10 heteroatoms. The van der Waals surface area contributed by atoms with E-state index in [9.17, 15) is 19.0 Å². The minimum Gasteiger partial charge on any atom is -0.462 e. The maximum atomic E-state index is 12.6. The predicted molar refractivity (Wildman–Crippen MR) is 257 cm³/mol. The second-order valence-electron chi connectivity index (χ2n) is 17.0. The summed E-state index contributed by atoms with van der Waals surface area (Å²) in [6.45, 7) is 3.70. The lowest BCUT2D eigenvalue weighted by Crippen LogP contribution is -2.29. The Labute approximate surface area is 375 Å². The number of hydrogen-bond donors (Lipinski definition) is 2. The summed E-state index contributed by atoms with van der Waals surface area (Å²) >= 11 is 0. The quantitative estimate of drug-likeness (QED) is 0.0265. The molecule has 0 fully saturated rings. The number of rotatable bonds is 48. The zero-order valence-corrected chi connectivity index (χ0v) is 40.5. The first kappa shape index (κ1) is 59.2. The molecule has 2 atom stereocenters. The summed E-state index contributed by atoms with van der Waals surface area (Å²) in [5.41, 5.74) is 5.36. The van der Waals surface area contributed by atoms with Gasteiger partial charge in [0.25, 0.3) is 0 Å². The Morgan fingerprint density at radius 2 is 0.869 bits per heavy atom. The molecule has 61 heavy (non-hydrogen) atoms. The third kappa shape index (κ3) is 47.5. The highest BCUT2D eigenvalue weighted by molar-refractivity contribution is 7.47. The Hall–Kier alpha value is -1.77. The van der Waals surface area contributed by atoms with Crippen molar-refractivity contribution in [1.82, 2.24) is 0 Å². The minimum atomic E-state index is -4.39. The van der Waals surface area contributed by atoms with Gasteiger partial charge in [-0.05, 0) is 64.2 Å². The molecule has 0 aromatic carbocycles. The first-order chi connectivity index (χ1) is 29.8. The lowest BCUT2D eigenvalue weighted by Gasteiger charge is -2.19. The summed E-state index contributed by atoms with van der Waals surface area (Å²) in [4.78, 5) is 35.0. The van der Waals surface area contributed by atoms with E-state index in [-0.39, 0.29) is 32.6 Å². The van der Waals surface area contributed by atoms with E-state index in [4.69, 9.17) is 24.3 Å². The smallest absolute Gasteiger partial charge is 0.462 e. The first-order valence-electron chi connectivity index (χ1n) is 25.5. The van der Waals surface area contributed by atoms with E-state index in [1.807, 2.05) is 0 Å². The number of phosphoric ester groups is 1. The first-order valence-corrected chi connectivity index (χ1v) is 27.0. The Balaban J connectivity index is 4.05. The fourth-order valence-electron chi connectivity index (χ4n) is 7.20. The number of esters is 2. The molecule has 3 N–H and O–H groups in total. The summed E-state index contributed by atoms with van der Waals surface area (Å²) in [7, 11) is -4.39. The van der Waals surface area contributed by atoms with Crippen molar-refractivity contribution in [1.29, 1.82) is 0 Å². The molecular formula is C51H96NO8P. The minimum absolute atomic E-state index is 0.0490. The Kier molecular flexibility index (Phi) is 46.3. The molecule has 0 spiro atoms. The van der Waals surface area contributed by atoms with Crippen molar-refractivity contribution in [2.75, 3.05) is 26.4 Å². The molecule has 0 aromatic rings. The molecule has 358 valence electrons. The van der Waals surface area contributed by atoms with Crippen molar-refractivity contribution >= 4 is 19.8 Å². The highest BCUT2D eigenvalue weighted by Crippen LogP contribution is 2.43. The van der Waals surface area contributed by atoms with Gasteiger partial charge in [0.05, 0.1) is 13.2 Å². The van der Waals surface area contributed by atoms with Gasteiger partial charge >= 0.3 is 19.8 Å². The average Bonchev–Trinajstić information content (AvgIpc) is 3.25. The van der Waals surface area contributed by atoms with Crippen LogP contribution in [0, 0.1) is 0 Å². The van der Waals surface area contributed by atoms with Gasteiger partial charge in [-0.2, -0.15) is 0 Å². The molecule has 1 unspecified atom stereocenters. The van der Waals surface area contributed by atoms with Crippen LogP contribution in [0.3, 0.4) is 0 Å². The number of nitrogens with two attached hydrogens (primary N) is 1. The van der Waals surface area contributed by atoms with Crippen molar-refractivity contribution in [3.05, 3.63) is 36.5 Å². The second kappa shape index (κ2) is 47.7. The molecular weight excluding hydrogens is 786 g/mol. The summed E-state index contributed by atoms with van der Waals surface area (Å²) in [6.07, 6.45) is 54.8. The van der Waals surface area contributed by atoms with Crippen molar-refractivity contribution < 1.29 is 37.6 Å². The van der Waals surface area contributed by atoms with E-state index >= 15 is 0 Å². The fraction of sp³-hybridized carbons (Fsp3) is 0.843. The lowest BCUT2D eigenvalue weighted by atomic mass is 10.0. The maximum Gasteiger partial charge on any atom is 0.472 e. The number of ether oxygens (including phenoxy) is 2. The van der Waals surface area contributed by atoms with E-state index in [0.717, 1.165) is 44.9 Å². The molecule has 0 rings (SSSR count). The average molecular weight is 882 g/mol. The number of unbranched alkanes of at least 4 members (excludes halogenated alkanes) is 29. The van der Waals surface area contributed by atoms with Crippen LogP contribution in [0.4, 0.5) is 0 Å². The normalized spacial score (nSPS) is 13.4. The van der Waals surface area contributed by atoms with E-state index in [1.165, 1.54) is 161 Å². The van der Waals surface area contributed by atoms with Crippen molar-refractivity contribution in [3.63, 3.8) is 0 Å². The largest absolute Gasteiger partial charge is 0.472 e. The van der Waals surface area contributed by atoms with Crippen LogP contribution in [0.15, 0.2) is 36.5 Å². The molecule has 0 aliphatic heterocycles. The summed E-state index contributed by atoms with van der Waals surface area (Å²) < 4.78 is 32.9. The van der Waals surface area contributed by atoms with Gasteiger partial charge in [-0.25, -0.2) is 4.57 Å². The van der Waals surface area contributed by atoms with E-state index in [2.05, 4.69) is 50.3 Å². The standard InChI is InChI=1S/C51H96NO8P/c1-3-5-7-9-11-13-15-17-19-21-22-23-24-25-26-28-29-31-33-35-37-39-41-43-50(53)57-47-49(48-59-61(55,56)58-46-45-52)60-51(54)44-42-40-38-36-34-32-30-27-20-18-16-14-12-10-8-6-4-2/h12,14,18,20,35,37,49H,3-11,13,15-17,19,21-34,36,38-48,52H2,1-2H3,(H,55,56)/b14-12+,20-18+,37-35+/t49-/m0/s1. The Bertz CT molecular complexity index is 1100. The van der Waals surface area contributed by atoms with Gasteiger partial charge in [-0.3, -0.25) is 18.6 Å². The SMILES string of the molecule is CCCCC/C=C/C/C=C/CCCCCCCCCC(=O)O[C@@H](COC(=O)CCC/C=C/CCCCCCCCCCCCCCCCCCCC)COP(=O)(O)OCCN. The monoisotopic (exact) mass is 882 g/mol. The summed E-state index contributed by atoms with van der Waals surface area (Å²) in [6, 6.07) is 0. The van der Waals surface area contributed by atoms with Crippen LogP contribution in [0.2, 0.25) is 0 Å². The van der Waals surface area contributed by atoms with Crippen LogP contribution in [0.25, 0.3) is 0 Å². The van der Waals surface area contributed by atoms with Crippen LogP contribution in [-0.2, 0) is 32.7 Å². The molecule has 0 saturated heterocycles. The second-order valence-corrected chi connectivity index (χ2v) is 18.5. The predicted octanol–water partition coefficient (Wildman–Crippen LogP) is 15.3. The van der Waals surface area contributed by atoms with Gasteiger partial charge in [0.15, 0.2) is 6.10 Å². The van der Waals surface area contributed by atoms with Gasteiger partial charge < -0.3 is 20.1 Å². The molecule has 0 radical (unpaired) electrons. The van der Waals surface area contributed by atoms with Crippen LogP contribution in [-0.4, -0.2) is 49.3 Å². The molecule has 0 aromatic heterocycles. The number of phosphoric acid groups is 1. The number of carbonyl (C=O) groups excluding carboxylic acids is 2. The highest BCUT2D eigenvalue weighted by Gasteiger charge is 2.26. The van der Waals surface area contributed by atoms with Crippen molar-refractivity contribution in [2.24, 2.45) is 5.73 Å². The van der Waals surface area contributed by atoms with Gasteiger partial charge in [-0.15, -0.1) is 0 Å². The Morgan fingerprint density at radius 1 is 0.492 bits per heavy atom. The third-order valence-corrected chi connectivity index (χ3v) is 12.0. The zero-order valence-electron chi connectivity index (χ0n) is 39.7. The maximum absolute atomic E-state index is 12.6. The number of allylic oxidation sites excluding steroid dienone is 6. The topological polar surface area (TPSA) is 134 Å². The van der Waals surface area contributed by atoms with Crippen LogP contribution >= 0.6 is 7.82 Å². The third-order valence-electron chi connectivity index (χ3n) is 11.0. The van der Waals surface area contributed by atoms with Gasteiger partial charge in [0.2, 0.25) is 0 Å². The molecule has 0 aliphatic carbocycles. The molecule has 0 amide bonds. The fourth-order valence-corrected chi connectivity index (χ4v) is 7.97. The molecule has 0 bridgehead atoms.